The van der Waals surface area contributed by atoms with Gasteiger partial charge in [-0.3, -0.25) is 0 Å². The van der Waals surface area contributed by atoms with Gasteiger partial charge in [-0.25, -0.2) is 4.39 Å². The van der Waals surface area contributed by atoms with Crippen molar-refractivity contribution in [2.45, 2.75) is 31.7 Å². The Balaban J connectivity index is 1.89. The van der Waals surface area contributed by atoms with Crippen LogP contribution < -0.4 is 4.74 Å². The Morgan fingerprint density at radius 1 is 1.47 bits per heavy atom. The van der Waals surface area contributed by atoms with E-state index in [0.29, 0.717) is 18.4 Å². The number of nitrogens with zero attached hydrogens (tertiary/aromatic N) is 2. The molecule has 4 heteroatoms. The Morgan fingerprint density at radius 3 is 3.05 bits per heavy atom. The average Bonchev–Trinajstić information content (AvgIpc) is 2.41. The lowest BCUT2D eigenvalue weighted by atomic mass is 10.0. The summed E-state index contributed by atoms with van der Waals surface area (Å²) in [5.74, 6) is -0.171. The Hall–Kier alpha value is -1.60. The minimum atomic E-state index is -0.519. The highest BCUT2D eigenvalue weighted by Crippen LogP contribution is 2.22. The summed E-state index contributed by atoms with van der Waals surface area (Å²) in [4.78, 5) is 2.35. The van der Waals surface area contributed by atoms with Gasteiger partial charge in [0.15, 0.2) is 0 Å². The first kappa shape index (κ1) is 13.8. The third-order valence-electron chi connectivity index (χ3n) is 3.72. The predicted molar refractivity (Wildman–Crippen MR) is 71.5 cm³/mol. The molecule has 1 heterocycles. The molecule has 1 fully saturated rings. The Bertz CT molecular complexity index is 470. The lowest BCUT2D eigenvalue weighted by Gasteiger charge is -2.32. The highest BCUT2D eigenvalue weighted by Gasteiger charge is 2.18. The van der Waals surface area contributed by atoms with E-state index in [1.807, 2.05) is 6.07 Å². The molecule has 1 aliphatic rings. The standard InChI is InChI=1S/C15H19FN2O/c1-18-9-3-2-5-12(18)8-10-19-15-7-4-6-14(16)13(15)11-17/h4,6-7,12H,2-3,5,8-10H2,1H3. The van der Waals surface area contributed by atoms with E-state index in [2.05, 4.69) is 11.9 Å². The van der Waals surface area contributed by atoms with Gasteiger partial charge in [0.2, 0.25) is 0 Å². The van der Waals surface area contributed by atoms with E-state index in [-0.39, 0.29) is 5.56 Å². The van der Waals surface area contributed by atoms with Crippen LogP contribution in [0.25, 0.3) is 0 Å². The fourth-order valence-corrected chi connectivity index (χ4v) is 2.55. The number of nitriles is 1. The maximum absolute atomic E-state index is 13.4. The lowest BCUT2D eigenvalue weighted by molar-refractivity contribution is 0.153. The molecule has 1 unspecified atom stereocenters. The van der Waals surface area contributed by atoms with E-state index in [9.17, 15) is 4.39 Å². The number of ether oxygens (including phenoxy) is 1. The van der Waals surface area contributed by atoms with Crippen molar-refractivity contribution < 1.29 is 9.13 Å². The van der Waals surface area contributed by atoms with Gasteiger partial charge in [0.05, 0.1) is 6.61 Å². The molecule has 0 amide bonds. The summed E-state index contributed by atoms with van der Waals surface area (Å²) in [5.41, 5.74) is -0.000464. The maximum atomic E-state index is 13.4. The van der Waals surface area contributed by atoms with Crippen LogP contribution in [0.2, 0.25) is 0 Å². The highest BCUT2D eigenvalue weighted by molar-refractivity contribution is 5.43. The molecular weight excluding hydrogens is 243 g/mol. The number of hydrogen-bond donors (Lipinski definition) is 0. The van der Waals surface area contributed by atoms with Crippen LogP contribution >= 0.6 is 0 Å². The van der Waals surface area contributed by atoms with Gasteiger partial charge in [-0.15, -0.1) is 0 Å². The van der Waals surface area contributed by atoms with E-state index in [1.54, 1.807) is 12.1 Å². The zero-order valence-corrected chi connectivity index (χ0v) is 11.2. The molecule has 1 aromatic carbocycles. The van der Waals surface area contributed by atoms with Crippen molar-refractivity contribution in [3.05, 3.63) is 29.6 Å². The van der Waals surface area contributed by atoms with Crippen LogP contribution in [0, 0.1) is 17.1 Å². The number of benzene rings is 1. The third-order valence-corrected chi connectivity index (χ3v) is 3.72. The first-order valence-corrected chi connectivity index (χ1v) is 6.74. The van der Waals surface area contributed by atoms with Gasteiger partial charge in [-0.1, -0.05) is 12.5 Å². The summed E-state index contributed by atoms with van der Waals surface area (Å²) in [6.45, 7) is 1.65. The largest absolute Gasteiger partial charge is 0.492 e. The van der Waals surface area contributed by atoms with Crippen LogP contribution in [-0.2, 0) is 0 Å². The van der Waals surface area contributed by atoms with Gasteiger partial charge < -0.3 is 9.64 Å². The smallest absolute Gasteiger partial charge is 0.144 e. The van der Waals surface area contributed by atoms with Crippen molar-refractivity contribution in [2.75, 3.05) is 20.2 Å². The van der Waals surface area contributed by atoms with E-state index < -0.39 is 5.82 Å². The van der Waals surface area contributed by atoms with E-state index >= 15 is 0 Å². The number of halogens is 1. The maximum Gasteiger partial charge on any atom is 0.144 e. The second kappa shape index (κ2) is 6.53. The second-order valence-corrected chi connectivity index (χ2v) is 4.99. The summed E-state index contributed by atoms with van der Waals surface area (Å²) in [5, 5.41) is 8.91. The van der Waals surface area contributed by atoms with Crippen LogP contribution in [0.15, 0.2) is 18.2 Å². The van der Waals surface area contributed by atoms with Gasteiger partial charge in [0.25, 0.3) is 0 Å². The third kappa shape index (κ3) is 3.45. The van der Waals surface area contributed by atoms with E-state index in [0.717, 1.165) is 13.0 Å². The topological polar surface area (TPSA) is 36.3 Å². The Kier molecular flexibility index (Phi) is 4.75. The van der Waals surface area contributed by atoms with Crippen molar-refractivity contribution in [1.29, 1.82) is 5.26 Å². The van der Waals surface area contributed by atoms with Gasteiger partial charge in [-0.05, 0) is 45.0 Å². The molecule has 1 atom stereocenters. The van der Waals surface area contributed by atoms with E-state index in [1.165, 1.54) is 25.3 Å². The summed E-state index contributed by atoms with van der Waals surface area (Å²) >= 11 is 0. The zero-order valence-electron chi connectivity index (χ0n) is 11.2. The van der Waals surface area contributed by atoms with Crippen LogP contribution in [0.1, 0.15) is 31.2 Å². The molecule has 3 nitrogen and oxygen atoms in total. The molecule has 2 rings (SSSR count). The monoisotopic (exact) mass is 262 g/mol. The SMILES string of the molecule is CN1CCCCC1CCOc1cccc(F)c1C#N. The predicted octanol–water partition coefficient (Wildman–Crippen LogP) is 2.95. The minimum absolute atomic E-state index is 0.000464. The van der Waals surface area contributed by atoms with Gasteiger partial charge in [0, 0.05) is 6.04 Å². The molecule has 0 aromatic heterocycles. The van der Waals surface area contributed by atoms with Crippen molar-refractivity contribution in [1.82, 2.24) is 4.90 Å². The fourth-order valence-electron chi connectivity index (χ4n) is 2.55. The van der Waals surface area contributed by atoms with Crippen molar-refractivity contribution in [3.63, 3.8) is 0 Å². The normalized spacial score (nSPS) is 19.9. The summed E-state index contributed by atoms with van der Waals surface area (Å²) in [7, 11) is 2.13. The van der Waals surface area contributed by atoms with Crippen LogP contribution in [0.4, 0.5) is 4.39 Å². The van der Waals surface area contributed by atoms with Crippen molar-refractivity contribution >= 4 is 0 Å². The average molecular weight is 262 g/mol. The number of rotatable bonds is 4. The van der Waals surface area contributed by atoms with Crippen LogP contribution in [0.5, 0.6) is 5.75 Å². The summed E-state index contributed by atoms with van der Waals surface area (Å²) in [6.07, 6.45) is 4.63. The minimum Gasteiger partial charge on any atom is -0.492 e. The molecule has 0 spiro atoms. The number of hydrogen-bond acceptors (Lipinski definition) is 3. The molecule has 0 saturated carbocycles. The number of piperidine rings is 1. The summed E-state index contributed by atoms with van der Waals surface area (Å²) < 4.78 is 19.0. The number of likely N-dealkylation sites (tertiary alicyclic amines) is 1. The van der Waals surface area contributed by atoms with Crippen LogP contribution in [-0.4, -0.2) is 31.1 Å². The molecule has 0 N–H and O–H groups in total. The van der Waals surface area contributed by atoms with Gasteiger partial charge in [-0.2, -0.15) is 5.26 Å². The molecule has 1 saturated heterocycles. The molecule has 102 valence electrons. The Morgan fingerprint density at radius 2 is 2.32 bits per heavy atom. The molecule has 0 radical (unpaired) electrons. The van der Waals surface area contributed by atoms with Crippen molar-refractivity contribution in [2.24, 2.45) is 0 Å². The molecule has 0 bridgehead atoms. The molecule has 1 aliphatic heterocycles. The van der Waals surface area contributed by atoms with Crippen molar-refractivity contribution in [3.8, 4) is 11.8 Å². The second-order valence-electron chi connectivity index (χ2n) is 4.99. The first-order chi connectivity index (χ1) is 9.22. The first-order valence-electron chi connectivity index (χ1n) is 6.74. The fraction of sp³-hybridized carbons (Fsp3) is 0.533. The lowest BCUT2D eigenvalue weighted by Crippen LogP contribution is -2.37. The molecule has 0 aliphatic carbocycles. The summed E-state index contributed by atoms with van der Waals surface area (Å²) in [6, 6.07) is 6.88. The zero-order chi connectivity index (χ0) is 13.7. The highest BCUT2D eigenvalue weighted by atomic mass is 19.1. The van der Waals surface area contributed by atoms with Gasteiger partial charge >= 0.3 is 0 Å². The van der Waals surface area contributed by atoms with Gasteiger partial charge in [0.1, 0.15) is 23.2 Å². The molecule has 19 heavy (non-hydrogen) atoms. The quantitative estimate of drug-likeness (QED) is 0.837. The van der Waals surface area contributed by atoms with E-state index in [4.69, 9.17) is 10.00 Å². The Labute approximate surface area is 113 Å². The molecule has 1 aromatic rings. The molecular formula is C15H19FN2O. The van der Waals surface area contributed by atoms with Crippen LogP contribution in [0.3, 0.4) is 0 Å².